The summed E-state index contributed by atoms with van der Waals surface area (Å²) in [4.78, 5) is 15.1. The summed E-state index contributed by atoms with van der Waals surface area (Å²) in [6.45, 7) is 3.46. The molecule has 3 aromatic rings. The zero-order chi connectivity index (χ0) is 26.0. The number of fused-ring (bicyclic) bond motifs is 1. The summed E-state index contributed by atoms with van der Waals surface area (Å²) in [5.74, 6) is -2.02. The lowest BCUT2D eigenvalue weighted by Gasteiger charge is -2.28. The lowest BCUT2D eigenvalue weighted by molar-refractivity contribution is -0.139. The van der Waals surface area contributed by atoms with Gasteiger partial charge in [0.2, 0.25) is 0 Å². The molecule has 1 aliphatic carbocycles. The smallest absolute Gasteiger partial charge is 0.341 e. The monoisotopic (exact) mass is 532 g/mol. The maximum atomic E-state index is 14.6. The van der Waals surface area contributed by atoms with Gasteiger partial charge in [0.15, 0.2) is 23.2 Å². The summed E-state index contributed by atoms with van der Waals surface area (Å²) in [6, 6.07) is 11.8. The maximum absolute atomic E-state index is 14.6. The number of sulfonamides is 1. The predicted octanol–water partition coefficient (Wildman–Crippen LogP) is 5.48. The number of halogens is 2. The van der Waals surface area contributed by atoms with Gasteiger partial charge in [0.25, 0.3) is 10.0 Å². The van der Waals surface area contributed by atoms with Crippen molar-refractivity contribution in [2.24, 2.45) is 0 Å². The Morgan fingerprint density at radius 3 is 2.69 bits per heavy atom. The fraction of sp³-hybridized carbons (Fsp3) is 0.308. The number of ether oxygens (including phenoxy) is 1. The number of hydrogen-bond donors (Lipinski definition) is 2. The topological polar surface area (TPSA) is 106 Å². The second kappa shape index (κ2) is 10.5. The Balaban J connectivity index is 1.60. The van der Waals surface area contributed by atoms with Crippen LogP contribution in [0.15, 0.2) is 53.7 Å². The van der Waals surface area contributed by atoms with Crippen LogP contribution in [0.3, 0.4) is 0 Å². The van der Waals surface area contributed by atoms with E-state index in [1.807, 2.05) is 18.2 Å². The number of aliphatic carboxylic acids is 1. The molecule has 1 aliphatic rings. The second-order valence-corrected chi connectivity index (χ2v) is 11.1. The Kier molecular flexibility index (Phi) is 7.63. The number of pyridine rings is 1. The van der Waals surface area contributed by atoms with Crippen LogP contribution in [0, 0.1) is 5.82 Å². The van der Waals surface area contributed by atoms with Crippen LogP contribution in [0.1, 0.15) is 55.3 Å². The summed E-state index contributed by atoms with van der Waals surface area (Å²) in [5.41, 5.74) is 3.77. The lowest BCUT2D eigenvalue weighted by atomic mass is 9.87. The molecule has 0 saturated heterocycles. The Morgan fingerprint density at radius 2 is 2.03 bits per heavy atom. The van der Waals surface area contributed by atoms with Crippen LogP contribution in [-0.2, 0) is 21.2 Å². The fourth-order valence-electron chi connectivity index (χ4n) is 4.31. The van der Waals surface area contributed by atoms with Crippen molar-refractivity contribution < 1.29 is 27.4 Å². The first-order valence-electron chi connectivity index (χ1n) is 11.5. The molecule has 10 heteroatoms. The first-order valence-corrected chi connectivity index (χ1v) is 13.4. The summed E-state index contributed by atoms with van der Waals surface area (Å²) in [6.07, 6.45) is 2.92. The van der Waals surface area contributed by atoms with Crippen molar-refractivity contribution >= 4 is 27.6 Å². The number of nitrogens with zero attached hydrogens (tertiary/aromatic N) is 1. The van der Waals surface area contributed by atoms with Gasteiger partial charge in [0.05, 0.1) is 5.02 Å². The molecule has 0 aliphatic heterocycles. The minimum absolute atomic E-state index is 0.144. The minimum Gasteiger partial charge on any atom is -0.479 e. The standard InChI is InChI=1S/C26H26ClFN2O5S/c1-15(2)16-5-3-6-17(11-16)18-9-10-23(29-13-18)36(33,34)30-22-8-4-7-19-20(22)12-21(27)25(28)26(19)35-14-24(31)32/h3,5-6,9-13,15,22,30H,4,7-8,14H2,1-2H3,(H,31,32). The third-order valence-electron chi connectivity index (χ3n) is 6.14. The highest BCUT2D eigenvalue weighted by atomic mass is 35.5. The first-order chi connectivity index (χ1) is 17.1. The van der Waals surface area contributed by atoms with Crippen LogP contribution < -0.4 is 9.46 Å². The number of rotatable bonds is 8. The lowest BCUT2D eigenvalue weighted by Crippen LogP contribution is -2.32. The van der Waals surface area contributed by atoms with E-state index < -0.39 is 34.5 Å². The summed E-state index contributed by atoms with van der Waals surface area (Å²) < 4.78 is 48.8. The van der Waals surface area contributed by atoms with Gasteiger partial charge in [-0.25, -0.2) is 27.3 Å². The Labute approximate surface area is 214 Å². The maximum Gasteiger partial charge on any atom is 0.341 e. The van der Waals surface area contributed by atoms with E-state index in [1.165, 1.54) is 23.9 Å². The van der Waals surface area contributed by atoms with E-state index >= 15 is 0 Å². The number of nitrogens with one attached hydrogen (secondary N) is 1. The molecule has 2 aromatic carbocycles. The average molecular weight is 533 g/mol. The van der Waals surface area contributed by atoms with Crippen LogP contribution in [0.5, 0.6) is 5.75 Å². The zero-order valence-corrected chi connectivity index (χ0v) is 21.4. The molecule has 0 spiro atoms. The molecule has 1 unspecified atom stereocenters. The van der Waals surface area contributed by atoms with E-state index in [-0.39, 0.29) is 15.8 Å². The number of hydrogen-bond acceptors (Lipinski definition) is 5. The number of carbonyl (C=O) groups is 1. The third-order valence-corrected chi connectivity index (χ3v) is 7.81. The Bertz CT molecular complexity index is 1390. The molecule has 0 bridgehead atoms. The van der Waals surface area contributed by atoms with E-state index in [0.29, 0.717) is 36.3 Å². The van der Waals surface area contributed by atoms with Gasteiger partial charge in [-0.3, -0.25) is 0 Å². The molecule has 190 valence electrons. The average Bonchev–Trinajstić information content (AvgIpc) is 2.85. The molecular weight excluding hydrogens is 507 g/mol. The van der Waals surface area contributed by atoms with E-state index in [2.05, 4.69) is 29.6 Å². The molecule has 4 rings (SSSR count). The molecule has 0 radical (unpaired) electrons. The highest BCUT2D eigenvalue weighted by Crippen LogP contribution is 2.41. The van der Waals surface area contributed by atoms with Gasteiger partial charge >= 0.3 is 5.97 Å². The second-order valence-electron chi connectivity index (χ2n) is 8.98. The van der Waals surface area contributed by atoms with Crippen molar-refractivity contribution in [3.8, 4) is 16.9 Å². The molecule has 0 fully saturated rings. The van der Waals surface area contributed by atoms with Crippen molar-refractivity contribution in [3.05, 3.63) is 76.2 Å². The van der Waals surface area contributed by atoms with Crippen LogP contribution >= 0.6 is 11.6 Å². The van der Waals surface area contributed by atoms with Gasteiger partial charge in [-0.15, -0.1) is 0 Å². The zero-order valence-electron chi connectivity index (χ0n) is 19.8. The van der Waals surface area contributed by atoms with Crippen molar-refractivity contribution in [1.29, 1.82) is 0 Å². The molecule has 7 nitrogen and oxygen atoms in total. The van der Waals surface area contributed by atoms with E-state index in [1.54, 1.807) is 6.07 Å². The molecule has 1 aromatic heterocycles. The molecule has 0 amide bonds. The normalized spacial score (nSPS) is 15.5. The van der Waals surface area contributed by atoms with Gasteiger partial charge < -0.3 is 9.84 Å². The fourth-order valence-corrected chi connectivity index (χ4v) is 5.69. The summed E-state index contributed by atoms with van der Waals surface area (Å²) >= 11 is 6.03. The highest BCUT2D eigenvalue weighted by Gasteiger charge is 2.31. The SMILES string of the molecule is CC(C)c1cccc(-c2ccc(S(=O)(=O)NC3CCCc4c3cc(Cl)c(F)c4OCC(=O)O)nc2)c1. The van der Waals surface area contributed by atoms with Crippen LogP contribution in [0.4, 0.5) is 4.39 Å². The number of carboxylic acids is 1. The van der Waals surface area contributed by atoms with Crippen molar-refractivity contribution in [2.45, 2.75) is 50.1 Å². The molecule has 1 heterocycles. The van der Waals surface area contributed by atoms with Crippen LogP contribution in [-0.4, -0.2) is 31.1 Å². The van der Waals surface area contributed by atoms with E-state index in [4.69, 9.17) is 21.4 Å². The molecular formula is C26H26ClFN2O5S. The molecule has 2 N–H and O–H groups in total. The van der Waals surface area contributed by atoms with E-state index in [0.717, 1.165) is 11.1 Å². The highest BCUT2D eigenvalue weighted by molar-refractivity contribution is 7.89. The summed E-state index contributed by atoms with van der Waals surface area (Å²) in [7, 11) is -4.02. The molecule has 1 atom stereocenters. The largest absolute Gasteiger partial charge is 0.479 e. The van der Waals surface area contributed by atoms with Crippen LogP contribution in [0.25, 0.3) is 11.1 Å². The Hall–Kier alpha value is -3.01. The Morgan fingerprint density at radius 1 is 1.25 bits per heavy atom. The van der Waals surface area contributed by atoms with Gasteiger partial charge in [-0.1, -0.05) is 49.7 Å². The predicted molar refractivity (Wildman–Crippen MR) is 134 cm³/mol. The number of aromatic nitrogens is 1. The van der Waals surface area contributed by atoms with Crippen molar-refractivity contribution in [2.75, 3.05) is 6.61 Å². The van der Waals surface area contributed by atoms with Gasteiger partial charge in [-0.2, -0.15) is 0 Å². The summed E-state index contributed by atoms with van der Waals surface area (Å²) in [5, 5.41) is 8.50. The molecule has 36 heavy (non-hydrogen) atoms. The quantitative estimate of drug-likeness (QED) is 0.398. The molecule has 0 saturated carbocycles. The van der Waals surface area contributed by atoms with E-state index in [9.17, 15) is 17.6 Å². The van der Waals surface area contributed by atoms with Crippen LogP contribution in [0.2, 0.25) is 5.02 Å². The number of benzene rings is 2. The van der Waals surface area contributed by atoms with Gasteiger partial charge in [-0.05, 0) is 60.1 Å². The van der Waals surface area contributed by atoms with Gasteiger partial charge in [0, 0.05) is 23.4 Å². The number of carboxylic acid groups (broad SMARTS) is 1. The third kappa shape index (κ3) is 5.53. The minimum atomic E-state index is -4.02. The first kappa shape index (κ1) is 26.1. The van der Waals surface area contributed by atoms with Crippen molar-refractivity contribution in [1.82, 2.24) is 9.71 Å². The van der Waals surface area contributed by atoms with Crippen molar-refractivity contribution in [3.63, 3.8) is 0 Å². The van der Waals surface area contributed by atoms with Gasteiger partial charge in [0.1, 0.15) is 0 Å².